The van der Waals surface area contributed by atoms with Gasteiger partial charge in [-0.2, -0.15) is 5.26 Å². The molecule has 0 fully saturated rings. The van der Waals surface area contributed by atoms with Crippen LogP contribution < -0.4 is 4.90 Å². The third-order valence-electron chi connectivity index (χ3n) is 3.37. The zero-order valence-corrected chi connectivity index (χ0v) is 12.7. The van der Waals surface area contributed by atoms with Crippen molar-refractivity contribution in [3.63, 3.8) is 0 Å². The van der Waals surface area contributed by atoms with Crippen LogP contribution in [0.1, 0.15) is 27.9 Å². The maximum Gasteiger partial charge on any atom is 0.305 e. The number of hydrogen-bond acceptors (Lipinski definition) is 3. The fourth-order valence-corrected chi connectivity index (χ4v) is 2.28. The predicted molar refractivity (Wildman–Crippen MR) is 86.3 cm³/mol. The molecule has 0 aliphatic heterocycles. The van der Waals surface area contributed by atoms with Gasteiger partial charge in [0.2, 0.25) is 0 Å². The lowest BCUT2D eigenvalue weighted by Crippen LogP contribution is -2.33. The van der Waals surface area contributed by atoms with E-state index in [4.69, 9.17) is 5.11 Å². The van der Waals surface area contributed by atoms with E-state index in [9.17, 15) is 14.9 Å². The zero-order valence-electron chi connectivity index (χ0n) is 12.7. The number of anilines is 1. The molecule has 116 valence electrons. The van der Waals surface area contributed by atoms with Crippen molar-refractivity contribution >= 4 is 17.6 Å². The number of benzene rings is 2. The second-order valence-corrected chi connectivity index (χ2v) is 5.10. The first kappa shape index (κ1) is 16.2. The molecule has 0 heterocycles. The molecule has 0 aliphatic carbocycles. The first-order valence-electron chi connectivity index (χ1n) is 7.12. The molecule has 0 aliphatic rings. The number of nitriles is 1. The Labute approximate surface area is 134 Å². The Morgan fingerprint density at radius 1 is 1.17 bits per heavy atom. The van der Waals surface area contributed by atoms with Gasteiger partial charge in [0, 0.05) is 12.1 Å². The monoisotopic (exact) mass is 308 g/mol. The van der Waals surface area contributed by atoms with Gasteiger partial charge in [-0.25, -0.2) is 0 Å². The van der Waals surface area contributed by atoms with Gasteiger partial charge >= 0.3 is 5.97 Å². The van der Waals surface area contributed by atoms with Crippen LogP contribution in [0.25, 0.3) is 0 Å². The van der Waals surface area contributed by atoms with Gasteiger partial charge in [-0.3, -0.25) is 9.59 Å². The van der Waals surface area contributed by atoms with Crippen LogP contribution in [0.15, 0.2) is 48.5 Å². The number of para-hydroxylation sites is 1. The molecule has 2 aromatic carbocycles. The smallest absolute Gasteiger partial charge is 0.305 e. The molecule has 2 aromatic rings. The van der Waals surface area contributed by atoms with E-state index in [2.05, 4.69) is 0 Å². The molecule has 0 atom stereocenters. The third kappa shape index (κ3) is 3.95. The second-order valence-electron chi connectivity index (χ2n) is 5.10. The molecule has 1 N–H and O–H groups in total. The summed E-state index contributed by atoms with van der Waals surface area (Å²) in [5.74, 6) is -1.32. The van der Waals surface area contributed by atoms with E-state index in [0.717, 1.165) is 5.56 Å². The van der Waals surface area contributed by atoms with Crippen LogP contribution in [-0.4, -0.2) is 23.5 Å². The molecule has 5 nitrogen and oxygen atoms in total. The average Bonchev–Trinajstić information content (AvgIpc) is 2.55. The highest BCUT2D eigenvalue weighted by atomic mass is 16.4. The summed E-state index contributed by atoms with van der Waals surface area (Å²) in [5.41, 5.74) is 2.15. The van der Waals surface area contributed by atoms with Gasteiger partial charge in [0.1, 0.15) is 6.07 Å². The van der Waals surface area contributed by atoms with Crippen LogP contribution in [-0.2, 0) is 4.79 Å². The summed E-state index contributed by atoms with van der Waals surface area (Å²) in [6.07, 6.45) is -0.197. The molecule has 23 heavy (non-hydrogen) atoms. The second kappa shape index (κ2) is 7.23. The van der Waals surface area contributed by atoms with Gasteiger partial charge in [0.25, 0.3) is 5.91 Å². The number of nitrogens with zero attached hydrogens (tertiary/aromatic N) is 2. The molecular formula is C18H16N2O3. The number of aryl methyl sites for hydroxylation is 1. The standard InChI is InChI=1S/C18H16N2O3/c1-13-5-4-7-14(11-13)18(23)20(10-9-17(21)22)16-8-3-2-6-15(16)12-19/h2-8,11H,9-10H2,1H3,(H,21,22). The first-order valence-corrected chi connectivity index (χ1v) is 7.12. The summed E-state index contributed by atoms with van der Waals surface area (Å²) in [6.45, 7) is 1.88. The van der Waals surface area contributed by atoms with Gasteiger partial charge in [0.15, 0.2) is 0 Å². The van der Waals surface area contributed by atoms with Crippen molar-refractivity contribution in [2.45, 2.75) is 13.3 Å². The van der Waals surface area contributed by atoms with Gasteiger partial charge in [-0.1, -0.05) is 29.8 Å². The van der Waals surface area contributed by atoms with Crippen molar-refractivity contribution in [1.82, 2.24) is 0 Å². The van der Waals surface area contributed by atoms with E-state index in [0.29, 0.717) is 16.8 Å². The Morgan fingerprint density at radius 3 is 2.57 bits per heavy atom. The fourth-order valence-electron chi connectivity index (χ4n) is 2.28. The molecule has 0 radical (unpaired) electrons. The third-order valence-corrected chi connectivity index (χ3v) is 3.37. The SMILES string of the molecule is Cc1cccc(C(=O)N(CCC(=O)O)c2ccccc2C#N)c1. The van der Waals surface area contributed by atoms with Crippen molar-refractivity contribution in [3.8, 4) is 6.07 Å². The van der Waals surface area contributed by atoms with E-state index in [1.807, 2.05) is 19.1 Å². The van der Waals surface area contributed by atoms with Crippen LogP contribution in [0, 0.1) is 18.3 Å². The van der Waals surface area contributed by atoms with E-state index < -0.39 is 5.97 Å². The Balaban J connectivity index is 2.43. The highest BCUT2D eigenvalue weighted by Gasteiger charge is 2.21. The van der Waals surface area contributed by atoms with Crippen LogP contribution in [0.2, 0.25) is 0 Å². The number of carboxylic acid groups (broad SMARTS) is 1. The molecule has 0 saturated carbocycles. The highest BCUT2D eigenvalue weighted by molar-refractivity contribution is 6.07. The van der Waals surface area contributed by atoms with Crippen LogP contribution in [0.5, 0.6) is 0 Å². The minimum absolute atomic E-state index is 0.000796. The lowest BCUT2D eigenvalue weighted by molar-refractivity contribution is -0.136. The van der Waals surface area contributed by atoms with E-state index >= 15 is 0 Å². The number of hydrogen-bond donors (Lipinski definition) is 1. The topological polar surface area (TPSA) is 81.4 Å². The number of carbonyl (C=O) groups excluding carboxylic acids is 1. The quantitative estimate of drug-likeness (QED) is 0.920. The number of carbonyl (C=O) groups is 2. The molecule has 0 unspecified atom stereocenters. The lowest BCUT2D eigenvalue weighted by Gasteiger charge is -2.23. The van der Waals surface area contributed by atoms with Gasteiger partial charge in [0.05, 0.1) is 17.7 Å². The minimum Gasteiger partial charge on any atom is -0.481 e. The summed E-state index contributed by atoms with van der Waals surface area (Å²) < 4.78 is 0. The van der Waals surface area contributed by atoms with Crippen molar-refractivity contribution < 1.29 is 14.7 Å². The molecular weight excluding hydrogens is 292 g/mol. The molecule has 2 rings (SSSR count). The molecule has 1 amide bonds. The van der Waals surface area contributed by atoms with Crippen LogP contribution in [0.3, 0.4) is 0 Å². The molecule has 0 saturated heterocycles. The number of rotatable bonds is 5. The summed E-state index contributed by atoms with van der Waals surface area (Å²) >= 11 is 0. The maximum absolute atomic E-state index is 12.8. The van der Waals surface area contributed by atoms with Gasteiger partial charge in [-0.15, -0.1) is 0 Å². The Morgan fingerprint density at radius 2 is 1.91 bits per heavy atom. The van der Waals surface area contributed by atoms with Crippen molar-refractivity contribution in [2.75, 3.05) is 11.4 Å². The van der Waals surface area contributed by atoms with Gasteiger partial charge < -0.3 is 10.0 Å². The predicted octanol–water partition coefficient (Wildman–Crippen LogP) is 2.99. The molecule has 0 aromatic heterocycles. The zero-order chi connectivity index (χ0) is 16.8. The van der Waals surface area contributed by atoms with E-state index in [1.165, 1.54) is 4.90 Å². The summed E-state index contributed by atoms with van der Waals surface area (Å²) in [6, 6.07) is 15.8. The largest absolute Gasteiger partial charge is 0.481 e. The van der Waals surface area contributed by atoms with Crippen molar-refractivity contribution in [3.05, 3.63) is 65.2 Å². The molecule has 0 spiro atoms. The summed E-state index contributed by atoms with van der Waals surface area (Å²) in [5, 5.41) is 18.2. The van der Waals surface area contributed by atoms with Crippen LogP contribution in [0.4, 0.5) is 5.69 Å². The molecule has 5 heteroatoms. The average molecular weight is 308 g/mol. The van der Waals surface area contributed by atoms with Crippen molar-refractivity contribution in [1.29, 1.82) is 5.26 Å². The fraction of sp³-hybridized carbons (Fsp3) is 0.167. The Bertz CT molecular complexity index is 778. The normalized spacial score (nSPS) is 9.91. The summed E-state index contributed by atoms with van der Waals surface area (Å²) in [7, 11) is 0. The first-order chi connectivity index (χ1) is 11.0. The summed E-state index contributed by atoms with van der Waals surface area (Å²) in [4.78, 5) is 25.1. The van der Waals surface area contributed by atoms with E-state index in [-0.39, 0.29) is 18.9 Å². The van der Waals surface area contributed by atoms with E-state index in [1.54, 1.807) is 42.5 Å². The van der Waals surface area contributed by atoms with Gasteiger partial charge in [-0.05, 0) is 31.2 Å². The highest BCUT2D eigenvalue weighted by Crippen LogP contribution is 2.22. The van der Waals surface area contributed by atoms with Crippen LogP contribution >= 0.6 is 0 Å². The lowest BCUT2D eigenvalue weighted by atomic mass is 10.1. The minimum atomic E-state index is -0.999. The maximum atomic E-state index is 12.8. The molecule has 0 bridgehead atoms. The number of carboxylic acids is 1. The Kier molecular flexibility index (Phi) is 5.11. The number of amides is 1. The number of aliphatic carboxylic acids is 1. The van der Waals surface area contributed by atoms with Crippen molar-refractivity contribution in [2.24, 2.45) is 0 Å². The Hall–Kier alpha value is -3.13.